The third-order valence-electron chi connectivity index (χ3n) is 4.99. The zero-order valence-electron chi connectivity index (χ0n) is 16.9. The predicted molar refractivity (Wildman–Crippen MR) is 98.2 cm³/mol. The van der Waals surface area contributed by atoms with E-state index >= 15 is 0 Å². The Morgan fingerprint density at radius 2 is 1.31 bits per heavy atom. The van der Waals surface area contributed by atoms with Gasteiger partial charge in [-0.05, 0) is 34.7 Å². The maximum atomic E-state index is 13.7. The number of halogens is 12. The van der Waals surface area contributed by atoms with E-state index in [1.54, 1.807) is 24.3 Å². The van der Waals surface area contributed by atoms with Crippen LogP contribution in [0.1, 0.15) is 16.7 Å². The summed E-state index contributed by atoms with van der Waals surface area (Å²) in [7, 11) is -7.63. The Bertz CT molecular complexity index is 1310. The number of rotatable bonds is 6. The Morgan fingerprint density at radius 1 is 0.750 bits per heavy atom. The van der Waals surface area contributed by atoms with Crippen LogP contribution in [-0.2, 0) is 20.8 Å². The highest BCUT2D eigenvalue weighted by atomic mass is 32.2. The molecule has 0 aromatic heterocycles. The number of fused-ring (bicyclic) bond motifs is 3. The van der Waals surface area contributed by atoms with Gasteiger partial charge in [-0.15, -0.1) is 0 Å². The zero-order valence-corrected chi connectivity index (χ0v) is 17.7. The monoisotopic (exact) mass is 559 g/mol. The normalized spacial score (nSPS) is 15.5. The Labute approximate surface area is 193 Å². The minimum atomic E-state index is -7.69. The molecule has 0 spiro atoms. The quantitative estimate of drug-likeness (QED) is 0.203. The second-order valence-corrected chi connectivity index (χ2v) is 8.91. The van der Waals surface area contributed by atoms with Gasteiger partial charge < -0.3 is 0 Å². The van der Waals surface area contributed by atoms with Gasteiger partial charge in [0, 0.05) is 5.56 Å². The molecule has 1 aliphatic rings. The number of hydrogen-bond acceptors (Lipinski definition) is 4. The van der Waals surface area contributed by atoms with Crippen LogP contribution in [0.5, 0.6) is 0 Å². The molecule has 0 aliphatic heterocycles. The third kappa shape index (κ3) is 4.26. The van der Waals surface area contributed by atoms with Gasteiger partial charge in [0.05, 0.1) is 0 Å². The van der Waals surface area contributed by atoms with Crippen molar-refractivity contribution in [2.75, 3.05) is 0 Å². The molecule has 1 aliphatic carbocycles. The molecular formula is C19H9F12NO3S. The lowest BCUT2D eigenvalue weighted by molar-refractivity contribution is -0.382. The largest absolute Gasteiger partial charge is 0.460 e. The molecule has 0 fully saturated rings. The van der Waals surface area contributed by atoms with Crippen molar-refractivity contribution in [2.45, 2.75) is 35.9 Å². The van der Waals surface area contributed by atoms with E-state index in [1.165, 1.54) is 0 Å². The average molecular weight is 559 g/mol. The van der Waals surface area contributed by atoms with Crippen molar-refractivity contribution in [3.05, 3.63) is 59.2 Å². The van der Waals surface area contributed by atoms with E-state index in [4.69, 9.17) is 0 Å². The first-order valence-electron chi connectivity index (χ1n) is 9.15. The molecule has 0 heterocycles. The highest BCUT2D eigenvalue weighted by Crippen LogP contribution is 2.55. The molecule has 0 bridgehead atoms. The molecule has 198 valence electrons. The molecule has 0 saturated carbocycles. The topological polar surface area (TPSA) is 55.7 Å². The van der Waals surface area contributed by atoms with Crippen LogP contribution < -0.4 is 0 Å². The second kappa shape index (κ2) is 8.27. The minimum Gasteiger partial charge on any atom is -0.263 e. The lowest BCUT2D eigenvalue weighted by Crippen LogP contribution is -2.63. The van der Waals surface area contributed by atoms with Gasteiger partial charge in [-0.3, -0.25) is 4.28 Å². The van der Waals surface area contributed by atoms with Gasteiger partial charge in [0.1, 0.15) is 0 Å². The minimum absolute atomic E-state index is 0.0838. The van der Waals surface area contributed by atoms with Crippen molar-refractivity contribution < 1.29 is 65.4 Å². The van der Waals surface area contributed by atoms with Crippen LogP contribution in [0.2, 0.25) is 0 Å². The summed E-state index contributed by atoms with van der Waals surface area (Å²) in [5.74, 6) is -15.3. The number of hydrogen-bond donors (Lipinski definition) is 0. The lowest BCUT2D eigenvalue weighted by Gasteiger charge is -2.31. The van der Waals surface area contributed by atoms with Crippen molar-refractivity contribution in [1.82, 2.24) is 0 Å². The van der Waals surface area contributed by atoms with E-state index < -0.39 is 50.8 Å². The van der Waals surface area contributed by atoms with E-state index in [9.17, 15) is 61.1 Å². The van der Waals surface area contributed by atoms with Crippen molar-refractivity contribution in [1.29, 1.82) is 0 Å². The highest BCUT2D eigenvalue weighted by molar-refractivity contribution is 7.87. The van der Waals surface area contributed by atoms with Crippen LogP contribution >= 0.6 is 0 Å². The molecule has 0 radical (unpaired) electrons. The molecule has 17 heteroatoms. The summed E-state index contributed by atoms with van der Waals surface area (Å²) in [6, 6.07) is 9.16. The SMILES string of the molecule is O=S(=O)(ON=C(c1ccc2c(c1)Cc1ccccc1-2)C(F)(F)F)C(F)(F)C(F)(F)C(F)(F)C(F)(F)F. The van der Waals surface area contributed by atoms with Crippen molar-refractivity contribution in [3.8, 4) is 11.1 Å². The molecule has 0 saturated heterocycles. The molecule has 0 atom stereocenters. The lowest BCUT2D eigenvalue weighted by atomic mass is 10.0. The van der Waals surface area contributed by atoms with Gasteiger partial charge >= 0.3 is 39.6 Å². The van der Waals surface area contributed by atoms with Crippen LogP contribution in [0.4, 0.5) is 52.7 Å². The van der Waals surface area contributed by atoms with E-state index in [0.717, 1.165) is 12.1 Å². The summed E-state index contributed by atoms with van der Waals surface area (Å²) in [5.41, 5.74) is -1.37. The van der Waals surface area contributed by atoms with Gasteiger partial charge in [0.25, 0.3) is 0 Å². The molecule has 0 amide bonds. The van der Waals surface area contributed by atoms with E-state index in [2.05, 4.69) is 4.28 Å². The van der Waals surface area contributed by atoms with Crippen molar-refractivity contribution in [2.24, 2.45) is 5.16 Å². The summed E-state index contributed by atoms with van der Waals surface area (Å²) in [6.45, 7) is 0. The third-order valence-corrected chi connectivity index (χ3v) is 6.15. The average Bonchev–Trinajstić information content (AvgIpc) is 3.09. The van der Waals surface area contributed by atoms with Gasteiger partial charge in [0.15, 0.2) is 5.71 Å². The van der Waals surface area contributed by atoms with Gasteiger partial charge in [-0.2, -0.15) is 61.1 Å². The molecule has 2 aromatic rings. The number of nitrogens with zero attached hydrogens (tertiary/aromatic N) is 1. The smallest absolute Gasteiger partial charge is 0.263 e. The van der Waals surface area contributed by atoms with Gasteiger partial charge in [0.2, 0.25) is 0 Å². The second-order valence-electron chi connectivity index (χ2n) is 7.34. The first kappa shape index (κ1) is 27.6. The first-order valence-corrected chi connectivity index (χ1v) is 10.6. The molecule has 0 unspecified atom stereocenters. The molecule has 0 N–H and O–H groups in total. The maximum absolute atomic E-state index is 13.7. The number of alkyl halides is 12. The van der Waals surface area contributed by atoms with Crippen LogP contribution in [0.3, 0.4) is 0 Å². The fourth-order valence-electron chi connectivity index (χ4n) is 3.21. The summed E-state index contributed by atoms with van der Waals surface area (Å²) < 4.78 is 183. The fourth-order valence-corrected chi connectivity index (χ4v) is 3.92. The molecule has 3 rings (SSSR count). The summed E-state index contributed by atoms with van der Waals surface area (Å²) in [6.07, 6.45) is -13.0. The summed E-state index contributed by atoms with van der Waals surface area (Å²) >= 11 is 0. The van der Waals surface area contributed by atoms with Gasteiger partial charge in [-0.25, -0.2) is 0 Å². The van der Waals surface area contributed by atoms with Crippen LogP contribution in [0.15, 0.2) is 47.6 Å². The van der Waals surface area contributed by atoms with Crippen LogP contribution in [0.25, 0.3) is 11.1 Å². The highest BCUT2D eigenvalue weighted by Gasteiger charge is 2.86. The molecule has 2 aromatic carbocycles. The number of oxime groups is 1. The Balaban J connectivity index is 2.01. The first-order chi connectivity index (χ1) is 16.1. The zero-order chi connectivity index (χ0) is 27.5. The predicted octanol–water partition coefficient (Wildman–Crippen LogP) is 6.30. The van der Waals surface area contributed by atoms with Crippen LogP contribution in [-0.4, -0.2) is 43.6 Å². The Hall–Kier alpha value is -2.98. The fraction of sp³-hybridized carbons (Fsp3) is 0.316. The summed E-state index contributed by atoms with van der Waals surface area (Å²) in [4.78, 5) is 0. The summed E-state index contributed by atoms with van der Waals surface area (Å²) in [5, 5.41) is -5.46. The standard InChI is InChI=1S/C19H9F12NO3S/c20-15(21,22)14(10-5-6-13-11(8-10)7-9-3-1-2-4-12(9)13)32-35-36(33,34)19(30,31)17(25,26)16(23,24)18(27,28)29/h1-6,8H,7H2. The molecule has 4 nitrogen and oxygen atoms in total. The van der Waals surface area contributed by atoms with Gasteiger partial charge in [-0.1, -0.05) is 41.6 Å². The van der Waals surface area contributed by atoms with Crippen LogP contribution in [0, 0.1) is 0 Å². The number of benzene rings is 2. The van der Waals surface area contributed by atoms with E-state index in [-0.39, 0.29) is 12.0 Å². The Morgan fingerprint density at radius 3 is 1.86 bits per heavy atom. The maximum Gasteiger partial charge on any atom is 0.460 e. The molecular weight excluding hydrogens is 550 g/mol. The Kier molecular flexibility index (Phi) is 6.35. The van der Waals surface area contributed by atoms with Crippen molar-refractivity contribution >= 4 is 15.8 Å². The molecule has 36 heavy (non-hydrogen) atoms. The van der Waals surface area contributed by atoms with E-state index in [0.29, 0.717) is 22.8 Å². The van der Waals surface area contributed by atoms with Crippen molar-refractivity contribution in [3.63, 3.8) is 0 Å². The van der Waals surface area contributed by atoms with E-state index in [1.807, 2.05) is 5.16 Å².